The summed E-state index contributed by atoms with van der Waals surface area (Å²) in [4.78, 5) is 4.40. The largest absolute Gasteiger partial charge is 0.391 e. The Labute approximate surface area is 135 Å². The van der Waals surface area contributed by atoms with Crippen LogP contribution in [0.2, 0.25) is 0 Å². The van der Waals surface area contributed by atoms with E-state index >= 15 is 0 Å². The molecule has 1 aromatic carbocycles. The van der Waals surface area contributed by atoms with E-state index in [1.54, 1.807) is 0 Å². The average Bonchev–Trinajstić information content (AvgIpc) is 2.56. The molecule has 0 unspecified atom stereocenters. The second-order valence-electron chi connectivity index (χ2n) is 6.39. The molecule has 23 heavy (non-hydrogen) atoms. The minimum Gasteiger partial charge on any atom is -0.373 e. The Morgan fingerprint density at radius 1 is 1.04 bits per heavy atom. The fraction of sp³-hybridized carbons (Fsp3) is 0.647. The van der Waals surface area contributed by atoms with Gasteiger partial charge in [-0.2, -0.15) is 13.2 Å². The summed E-state index contributed by atoms with van der Waals surface area (Å²) < 4.78 is 44.0. The Morgan fingerprint density at radius 2 is 1.74 bits per heavy atom. The maximum Gasteiger partial charge on any atom is 0.391 e. The molecule has 3 nitrogen and oxygen atoms in total. The van der Waals surface area contributed by atoms with E-state index in [-0.39, 0.29) is 18.9 Å². The molecule has 128 valence electrons. The van der Waals surface area contributed by atoms with Crippen molar-refractivity contribution in [2.24, 2.45) is 5.92 Å². The van der Waals surface area contributed by atoms with E-state index < -0.39 is 12.1 Å². The third kappa shape index (κ3) is 4.38. The van der Waals surface area contributed by atoms with Crippen molar-refractivity contribution in [3.8, 4) is 0 Å². The molecule has 2 fully saturated rings. The van der Waals surface area contributed by atoms with Crippen LogP contribution in [0.1, 0.15) is 12.8 Å². The van der Waals surface area contributed by atoms with Crippen molar-refractivity contribution in [3.05, 3.63) is 30.3 Å². The topological polar surface area (TPSA) is 15.7 Å². The molecule has 0 spiro atoms. The monoisotopic (exact) mass is 328 g/mol. The molecule has 1 atom stereocenters. The first kappa shape index (κ1) is 16.6. The summed E-state index contributed by atoms with van der Waals surface area (Å²) in [6.07, 6.45) is -3.57. The Kier molecular flexibility index (Phi) is 5.11. The van der Waals surface area contributed by atoms with E-state index in [0.29, 0.717) is 26.2 Å². The summed E-state index contributed by atoms with van der Waals surface area (Å²) >= 11 is 0. The Morgan fingerprint density at radius 3 is 2.39 bits per heavy atom. The number of hydrogen-bond acceptors (Lipinski definition) is 3. The summed E-state index contributed by atoms with van der Waals surface area (Å²) in [5.74, 6) is -1.13. The van der Waals surface area contributed by atoms with Crippen LogP contribution < -0.4 is 4.90 Å². The first-order valence-corrected chi connectivity index (χ1v) is 8.23. The highest BCUT2D eigenvalue weighted by molar-refractivity contribution is 5.46. The molecule has 0 aliphatic carbocycles. The van der Waals surface area contributed by atoms with Gasteiger partial charge in [0.1, 0.15) is 0 Å². The lowest BCUT2D eigenvalue weighted by Gasteiger charge is -2.39. The molecule has 2 heterocycles. The fourth-order valence-corrected chi connectivity index (χ4v) is 3.43. The number of nitrogens with zero attached hydrogens (tertiary/aromatic N) is 2. The molecular weight excluding hydrogens is 305 g/mol. The molecule has 0 aromatic heterocycles. The highest BCUT2D eigenvalue weighted by Gasteiger charge is 2.41. The van der Waals surface area contributed by atoms with Crippen molar-refractivity contribution in [2.75, 3.05) is 44.2 Å². The lowest BCUT2D eigenvalue weighted by Crippen LogP contribution is -2.49. The predicted molar refractivity (Wildman–Crippen MR) is 83.6 cm³/mol. The predicted octanol–water partition coefficient (Wildman–Crippen LogP) is 3.17. The number of piperidine rings is 1. The first-order valence-electron chi connectivity index (χ1n) is 8.23. The third-order valence-corrected chi connectivity index (χ3v) is 4.77. The van der Waals surface area contributed by atoms with Crippen molar-refractivity contribution in [1.29, 1.82) is 0 Å². The minimum absolute atomic E-state index is 0.0615. The van der Waals surface area contributed by atoms with Gasteiger partial charge in [-0.15, -0.1) is 0 Å². The fourth-order valence-electron chi connectivity index (χ4n) is 3.43. The maximum absolute atomic E-state index is 12.7. The van der Waals surface area contributed by atoms with E-state index in [4.69, 9.17) is 4.74 Å². The quantitative estimate of drug-likeness (QED) is 0.848. The minimum atomic E-state index is -4.04. The van der Waals surface area contributed by atoms with Crippen molar-refractivity contribution in [3.63, 3.8) is 0 Å². The lowest BCUT2D eigenvalue weighted by molar-refractivity contribution is -0.185. The van der Waals surface area contributed by atoms with Crippen LogP contribution in [0.15, 0.2) is 30.3 Å². The van der Waals surface area contributed by atoms with Gasteiger partial charge in [-0.05, 0) is 38.1 Å². The SMILES string of the molecule is FC(F)(F)C1CCN(C[C@@H]2CN(c3ccccc3)CCO2)CC1. The molecule has 0 N–H and O–H groups in total. The van der Waals surface area contributed by atoms with Crippen molar-refractivity contribution in [2.45, 2.75) is 25.1 Å². The number of rotatable bonds is 3. The zero-order chi connectivity index (χ0) is 16.3. The standard InChI is InChI=1S/C17H23F3N2O/c18-17(19,20)14-6-8-21(9-7-14)12-16-13-22(10-11-23-16)15-4-2-1-3-5-15/h1-5,14,16H,6-13H2/t16-/m1/s1. The zero-order valence-corrected chi connectivity index (χ0v) is 13.1. The third-order valence-electron chi connectivity index (χ3n) is 4.77. The van der Waals surface area contributed by atoms with Crippen LogP contribution in [0.5, 0.6) is 0 Å². The summed E-state index contributed by atoms with van der Waals surface area (Å²) in [7, 11) is 0. The normalized spacial score (nSPS) is 24.8. The van der Waals surface area contributed by atoms with Gasteiger partial charge in [0.05, 0.1) is 18.6 Å². The van der Waals surface area contributed by atoms with E-state index in [2.05, 4.69) is 21.9 Å². The number of morpholine rings is 1. The Hall–Kier alpha value is -1.27. The number of ether oxygens (including phenoxy) is 1. The van der Waals surface area contributed by atoms with Gasteiger partial charge < -0.3 is 14.5 Å². The number of hydrogen-bond donors (Lipinski definition) is 0. The molecule has 0 saturated carbocycles. The molecule has 1 aromatic rings. The summed E-state index contributed by atoms with van der Waals surface area (Å²) in [5.41, 5.74) is 1.18. The van der Waals surface area contributed by atoms with Gasteiger partial charge in [0.15, 0.2) is 0 Å². The lowest BCUT2D eigenvalue weighted by atomic mass is 9.96. The van der Waals surface area contributed by atoms with E-state index in [9.17, 15) is 13.2 Å². The Balaban J connectivity index is 1.49. The number of likely N-dealkylation sites (tertiary alicyclic amines) is 1. The second-order valence-corrected chi connectivity index (χ2v) is 6.39. The van der Waals surface area contributed by atoms with Gasteiger partial charge >= 0.3 is 6.18 Å². The van der Waals surface area contributed by atoms with E-state index in [0.717, 1.165) is 13.1 Å². The number of halogens is 3. The van der Waals surface area contributed by atoms with Gasteiger partial charge in [-0.3, -0.25) is 0 Å². The smallest absolute Gasteiger partial charge is 0.373 e. The average molecular weight is 328 g/mol. The van der Waals surface area contributed by atoms with Gasteiger partial charge in [0.2, 0.25) is 0 Å². The highest BCUT2D eigenvalue weighted by atomic mass is 19.4. The molecule has 0 amide bonds. The number of para-hydroxylation sites is 1. The number of anilines is 1. The molecule has 3 rings (SSSR count). The van der Waals surface area contributed by atoms with Gasteiger partial charge in [-0.1, -0.05) is 18.2 Å². The van der Waals surface area contributed by atoms with Crippen molar-refractivity contribution < 1.29 is 17.9 Å². The second kappa shape index (κ2) is 7.09. The van der Waals surface area contributed by atoms with Crippen LogP contribution in [0, 0.1) is 5.92 Å². The Bertz CT molecular complexity index is 486. The summed E-state index contributed by atoms with van der Waals surface area (Å²) in [5, 5.41) is 0. The molecule has 0 radical (unpaired) electrons. The molecule has 2 saturated heterocycles. The first-order chi connectivity index (χ1) is 11.0. The maximum atomic E-state index is 12.7. The van der Waals surface area contributed by atoms with Crippen LogP contribution in [0.25, 0.3) is 0 Å². The summed E-state index contributed by atoms with van der Waals surface area (Å²) in [6, 6.07) is 10.2. The molecule has 2 aliphatic heterocycles. The number of benzene rings is 1. The zero-order valence-electron chi connectivity index (χ0n) is 13.1. The molecule has 2 aliphatic rings. The van der Waals surface area contributed by atoms with Gasteiger partial charge in [0, 0.05) is 25.3 Å². The molecule has 6 heteroatoms. The van der Waals surface area contributed by atoms with Crippen molar-refractivity contribution >= 4 is 5.69 Å². The van der Waals surface area contributed by atoms with Crippen LogP contribution in [0.4, 0.5) is 18.9 Å². The van der Waals surface area contributed by atoms with Crippen molar-refractivity contribution in [1.82, 2.24) is 4.90 Å². The van der Waals surface area contributed by atoms with E-state index in [1.807, 2.05) is 18.2 Å². The number of alkyl halides is 3. The highest BCUT2D eigenvalue weighted by Crippen LogP contribution is 2.34. The molecule has 0 bridgehead atoms. The van der Waals surface area contributed by atoms with E-state index in [1.165, 1.54) is 5.69 Å². The molecular formula is C17H23F3N2O. The van der Waals surface area contributed by atoms with Crippen LogP contribution in [-0.4, -0.2) is 56.5 Å². The van der Waals surface area contributed by atoms with Gasteiger partial charge in [-0.25, -0.2) is 0 Å². The van der Waals surface area contributed by atoms with Gasteiger partial charge in [0.25, 0.3) is 0 Å². The van der Waals surface area contributed by atoms with Crippen LogP contribution in [0.3, 0.4) is 0 Å². The summed E-state index contributed by atoms with van der Waals surface area (Å²) in [6.45, 7) is 4.05. The van der Waals surface area contributed by atoms with Crippen LogP contribution >= 0.6 is 0 Å². The van der Waals surface area contributed by atoms with Crippen LogP contribution in [-0.2, 0) is 4.74 Å².